The fourth-order valence-electron chi connectivity index (χ4n) is 3.22. The van der Waals surface area contributed by atoms with Gasteiger partial charge in [-0.25, -0.2) is 9.59 Å². The molecule has 1 aliphatic carbocycles. The van der Waals surface area contributed by atoms with E-state index in [1.807, 2.05) is 31.2 Å². The molecule has 1 fully saturated rings. The lowest BCUT2D eigenvalue weighted by Crippen LogP contribution is -2.21. The number of aromatic amines is 1. The maximum absolute atomic E-state index is 11.9. The molecular weight excluding hydrogens is 266 g/mol. The minimum Gasteiger partial charge on any atom is -0.312 e. The second-order valence-corrected chi connectivity index (χ2v) is 5.56. The lowest BCUT2D eigenvalue weighted by Gasteiger charge is -2.23. The maximum Gasteiger partial charge on any atom is 0.330 e. The molecule has 0 saturated heterocycles. The molecule has 5 nitrogen and oxygen atoms in total. The number of hydrogen-bond acceptors (Lipinski definition) is 3. The third-order valence-corrected chi connectivity index (χ3v) is 4.29. The summed E-state index contributed by atoms with van der Waals surface area (Å²) in [5.74, 6) is 0. The number of hydrogen-bond donors (Lipinski definition) is 1. The second-order valence-electron chi connectivity index (χ2n) is 5.56. The Balaban J connectivity index is 2.12. The number of imidazole rings is 1. The van der Waals surface area contributed by atoms with Crippen LogP contribution in [0.15, 0.2) is 40.2 Å². The van der Waals surface area contributed by atoms with Gasteiger partial charge in [0.25, 0.3) is 0 Å². The molecule has 0 radical (unpaired) electrons. The van der Waals surface area contributed by atoms with E-state index in [0.717, 1.165) is 42.6 Å². The van der Waals surface area contributed by atoms with Gasteiger partial charge in [0.15, 0.2) is 0 Å². The van der Waals surface area contributed by atoms with Crippen molar-refractivity contribution in [1.29, 1.82) is 0 Å². The van der Waals surface area contributed by atoms with Gasteiger partial charge in [-0.15, -0.1) is 0 Å². The number of H-pyrrole nitrogens is 1. The summed E-state index contributed by atoms with van der Waals surface area (Å²) in [6, 6.07) is 7.72. The molecular formula is C16H17N3O2. The minimum atomic E-state index is -0.467. The van der Waals surface area contributed by atoms with Crippen molar-refractivity contribution in [2.45, 2.75) is 38.1 Å². The van der Waals surface area contributed by atoms with E-state index >= 15 is 0 Å². The van der Waals surface area contributed by atoms with Gasteiger partial charge in [0.05, 0.1) is 11.2 Å². The number of rotatable bonds is 3. The Morgan fingerprint density at radius 3 is 2.71 bits per heavy atom. The van der Waals surface area contributed by atoms with Gasteiger partial charge in [-0.2, -0.15) is 4.99 Å². The Labute approximate surface area is 122 Å². The third kappa shape index (κ3) is 2.26. The Hall–Kier alpha value is -2.39. The van der Waals surface area contributed by atoms with Crippen molar-refractivity contribution in [1.82, 2.24) is 9.55 Å². The summed E-state index contributed by atoms with van der Waals surface area (Å²) in [5, 5.41) is 0. The summed E-state index contributed by atoms with van der Waals surface area (Å²) in [4.78, 5) is 29.5. The lowest BCUT2D eigenvalue weighted by molar-refractivity contribution is 0.455. The average molecular weight is 283 g/mol. The zero-order chi connectivity index (χ0) is 14.9. The van der Waals surface area contributed by atoms with Crippen molar-refractivity contribution in [2.75, 3.05) is 0 Å². The topological polar surface area (TPSA) is 67.2 Å². The molecule has 0 spiro atoms. The number of aliphatic imine (C=N–C) groups is 1. The zero-order valence-electron chi connectivity index (χ0n) is 11.9. The van der Waals surface area contributed by atoms with Gasteiger partial charge >= 0.3 is 5.69 Å². The van der Waals surface area contributed by atoms with Crippen LogP contribution in [-0.2, 0) is 10.3 Å². The van der Waals surface area contributed by atoms with E-state index < -0.39 is 5.54 Å². The van der Waals surface area contributed by atoms with Gasteiger partial charge in [0.1, 0.15) is 0 Å². The summed E-state index contributed by atoms with van der Waals surface area (Å²) >= 11 is 0. The van der Waals surface area contributed by atoms with Crippen LogP contribution in [0.25, 0.3) is 5.69 Å². The lowest BCUT2D eigenvalue weighted by atomic mass is 9.88. The average Bonchev–Trinajstić information content (AvgIpc) is 3.08. The van der Waals surface area contributed by atoms with Crippen molar-refractivity contribution >= 4 is 6.08 Å². The summed E-state index contributed by atoms with van der Waals surface area (Å²) in [6.45, 7) is 1.87. The molecule has 108 valence electrons. The highest BCUT2D eigenvalue weighted by atomic mass is 16.1. The molecule has 2 aromatic rings. The van der Waals surface area contributed by atoms with Crippen molar-refractivity contribution in [3.8, 4) is 5.69 Å². The van der Waals surface area contributed by atoms with E-state index in [1.54, 1.807) is 16.8 Å². The summed E-state index contributed by atoms with van der Waals surface area (Å²) in [6.07, 6.45) is 7.23. The number of benzene rings is 1. The molecule has 1 heterocycles. The Kier molecular flexibility index (Phi) is 3.35. The first kappa shape index (κ1) is 13.6. The minimum absolute atomic E-state index is 0.163. The summed E-state index contributed by atoms with van der Waals surface area (Å²) in [5.41, 5.74) is 1.99. The van der Waals surface area contributed by atoms with Crippen LogP contribution in [0, 0.1) is 6.92 Å². The predicted octanol–water partition coefficient (Wildman–Crippen LogP) is 2.58. The summed E-state index contributed by atoms with van der Waals surface area (Å²) < 4.78 is 1.62. The molecule has 1 saturated carbocycles. The van der Waals surface area contributed by atoms with Crippen LogP contribution >= 0.6 is 0 Å². The normalized spacial score (nSPS) is 16.6. The quantitative estimate of drug-likeness (QED) is 0.695. The molecule has 1 aliphatic rings. The molecule has 0 bridgehead atoms. The van der Waals surface area contributed by atoms with Crippen LogP contribution in [0.1, 0.15) is 36.9 Å². The van der Waals surface area contributed by atoms with Gasteiger partial charge in [0.2, 0.25) is 6.08 Å². The van der Waals surface area contributed by atoms with Crippen molar-refractivity contribution in [3.63, 3.8) is 0 Å². The van der Waals surface area contributed by atoms with E-state index in [1.165, 1.54) is 0 Å². The van der Waals surface area contributed by atoms with Crippen LogP contribution in [0.5, 0.6) is 0 Å². The molecule has 3 rings (SSSR count). The number of aromatic nitrogens is 2. The van der Waals surface area contributed by atoms with Crippen molar-refractivity contribution in [3.05, 3.63) is 52.2 Å². The van der Waals surface area contributed by atoms with Gasteiger partial charge < -0.3 is 4.98 Å². The van der Waals surface area contributed by atoms with Gasteiger partial charge in [-0.3, -0.25) is 4.57 Å². The van der Waals surface area contributed by atoms with E-state index in [0.29, 0.717) is 0 Å². The van der Waals surface area contributed by atoms with Crippen LogP contribution < -0.4 is 5.69 Å². The number of carbonyl (C=O) groups excluding carboxylic acids is 1. The smallest absolute Gasteiger partial charge is 0.312 e. The molecule has 1 N–H and O–H groups in total. The first-order chi connectivity index (χ1) is 10.2. The molecule has 21 heavy (non-hydrogen) atoms. The molecule has 0 amide bonds. The van der Waals surface area contributed by atoms with Crippen molar-refractivity contribution < 1.29 is 4.79 Å². The molecule has 0 unspecified atom stereocenters. The zero-order valence-corrected chi connectivity index (χ0v) is 11.9. The second kappa shape index (κ2) is 5.19. The summed E-state index contributed by atoms with van der Waals surface area (Å²) in [7, 11) is 0. The number of aryl methyl sites for hydroxylation is 1. The van der Waals surface area contributed by atoms with E-state index in [4.69, 9.17) is 0 Å². The highest BCUT2D eigenvalue weighted by Crippen LogP contribution is 2.42. The number of nitrogens with one attached hydrogen (secondary N) is 1. The van der Waals surface area contributed by atoms with Crippen LogP contribution in [0.2, 0.25) is 0 Å². The van der Waals surface area contributed by atoms with E-state index in [-0.39, 0.29) is 5.69 Å². The van der Waals surface area contributed by atoms with Gasteiger partial charge in [-0.05, 0) is 37.5 Å². The standard InChI is InChI=1S/C16H17N3O2/c1-12-10-17-15(21)19(12)14-6-4-5-13(9-14)16(18-11-20)7-2-3-8-16/h4-6,9-10H,2-3,7-8H2,1H3,(H,17,21). The molecule has 0 aliphatic heterocycles. The molecule has 1 aromatic carbocycles. The Bertz CT molecular complexity index is 760. The highest BCUT2D eigenvalue weighted by Gasteiger charge is 2.35. The third-order valence-electron chi connectivity index (χ3n) is 4.29. The number of nitrogens with zero attached hydrogens (tertiary/aromatic N) is 2. The monoisotopic (exact) mass is 283 g/mol. The van der Waals surface area contributed by atoms with Crippen LogP contribution in [0.3, 0.4) is 0 Å². The fourth-order valence-corrected chi connectivity index (χ4v) is 3.22. The highest BCUT2D eigenvalue weighted by molar-refractivity contribution is 5.43. The SMILES string of the molecule is Cc1c[nH]c(=O)n1-c1cccc(C2(N=C=O)CCCC2)c1. The predicted molar refractivity (Wildman–Crippen MR) is 79.4 cm³/mol. The van der Waals surface area contributed by atoms with E-state index in [9.17, 15) is 9.59 Å². The Morgan fingerprint density at radius 2 is 2.10 bits per heavy atom. The molecule has 1 aromatic heterocycles. The first-order valence-electron chi connectivity index (χ1n) is 7.13. The van der Waals surface area contributed by atoms with Crippen LogP contribution in [0.4, 0.5) is 0 Å². The van der Waals surface area contributed by atoms with Gasteiger partial charge in [0, 0.05) is 11.9 Å². The number of isocyanates is 1. The fraction of sp³-hybridized carbons (Fsp3) is 0.375. The van der Waals surface area contributed by atoms with E-state index in [2.05, 4.69) is 9.98 Å². The molecule has 0 atom stereocenters. The maximum atomic E-state index is 11.9. The first-order valence-corrected chi connectivity index (χ1v) is 7.13. The Morgan fingerprint density at radius 1 is 1.33 bits per heavy atom. The van der Waals surface area contributed by atoms with Gasteiger partial charge in [-0.1, -0.05) is 25.0 Å². The van der Waals surface area contributed by atoms with Crippen molar-refractivity contribution in [2.24, 2.45) is 4.99 Å². The van der Waals surface area contributed by atoms with Crippen LogP contribution in [-0.4, -0.2) is 15.6 Å². The molecule has 5 heteroatoms. The largest absolute Gasteiger partial charge is 0.330 e.